The molecule has 3 atom stereocenters. The minimum atomic E-state index is 0.790. The van der Waals surface area contributed by atoms with Crippen molar-refractivity contribution in [3.05, 3.63) is 48.6 Å². The lowest BCUT2D eigenvalue weighted by molar-refractivity contribution is 0.665. The highest BCUT2D eigenvalue weighted by molar-refractivity contribution is 5.15. The topological polar surface area (TPSA) is 0 Å². The second-order valence-electron chi connectivity index (χ2n) is 4.36. The molecule has 0 heteroatoms. The quantitative estimate of drug-likeness (QED) is 0.629. The van der Waals surface area contributed by atoms with Gasteiger partial charge in [-0.3, -0.25) is 0 Å². The maximum Gasteiger partial charge on any atom is -0.0176 e. The Balaban J connectivity index is 1.82. The van der Waals surface area contributed by atoms with Gasteiger partial charge in [0.15, 0.2) is 0 Å². The van der Waals surface area contributed by atoms with Crippen LogP contribution in [0.25, 0.3) is 0 Å². The average Bonchev–Trinajstić information content (AvgIpc) is 2.87. The van der Waals surface area contributed by atoms with Gasteiger partial charge in [-0.15, -0.1) is 6.58 Å². The van der Waals surface area contributed by atoms with Crippen LogP contribution >= 0.6 is 0 Å². The first-order chi connectivity index (χ1) is 6.83. The van der Waals surface area contributed by atoms with E-state index >= 15 is 0 Å². The zero-order valence-corrected chi connectivity index (χ0v) is 8.82. The molecule has 74 valence electrons. The normalized spacial score (nSPS) is 29.9. The fourth-order valence-electron chi connectivity index (χ4n) is 2.40. The number of rotatable bonds is 4. The Bertz CT molecular complexity index is 299. The molecule has 1 aliphatic carbocycles. The van der Waals surface area contributed by atoms with Gasteiger partial charge >= 0.3 is 0 Å². The van der Waals surface area contributed by atoms with Crippen molar-refractivity contribution in [1.82, 2.24) is 0 Å². The van der Waals surface area contributed by atoms with Crippen molar-refractivity contribution < 1.29 is 0 Å². The van der Waals surface area contributed by atoms with Gasteiger partial charge in [0.1, 0.15) is 0 Å². The van der Waals surface area contributed by atoms with E-state index in [0.717, 1.165) is 17.8 Å². The Morgan fingerprint density at radius 1 is 1.29 bits per heavy atom. The molecular weight excluding hydrogens is 168 g/mol. The van der Waals surface area contributed by atoms with Gasteiger partial charge in [-0.05, 0) is 36.2 Å². The molecule has 0 aromatic heterocycles. The maximum absolute atomic E-state index is 3.88. The van der Waals surface area contributed by atoms with E-state index in [9.17, 15) is 0 Å². The van der Waals surface area contributed by atoms with E-state index in [1.807, 2.05) is 0 Å². The van der Waals surface area contributed by atoms with Gasteiger partial charge in [0.25, 0.3) is 0 Å². The highest BCUT2D eigenvalue weighted by Crippen LogP contribution is 2.49. The van der Waals surface area contributed by atoms with Gasteiger partial charge < -0.3 is 0 Å². The molecule has 1 fully saturated rings. The second-order valence-corrected chi connectivity index (χ2v) is 4.36. The fourth-order valence-corrected chi connectivity index (χ4v) is 2.40. The zero-order valence-electron chi connectivity index (χ0n) is 8.82. The predicted molar refractivity (Wildman–Crippen MR) is 61.1 cm³/mol. The van der Waals surface area contributed by atoms with Crippen molar-refractivity contribution in [2.75, 3.05) is 0 Å². The second kappa shape index (κ2) is 4.00. The van der Waals surface area contributed by atoms with E-state index < -0.39 is 0 Å². The molecule has 14 heavy (non-hydrogen) atoms. The Morgan fingerprint density at radius 2 is 2.00 bits per heavy atom. The summed E-state index contributed by atoms with van der Waals surface area (Å²) in [5.41, 5.74) is 1.47. The molecule has 1 aromatic rings. The minimum absolute atomic E-state index is 0.790. The van der Waals surface area contributed by atoms with Gasteiger partial charge in [-0.1, -0.05) is 43.3 Å². The number of allylic oxidation sites excluding steroid dienone is 1. The Kier molecular flexibility index (Phi) is 2.72. The molecule has 0 aliphatic heterocycles. The molecule has 0 radical (unpaired) electrons. The van der Waals surface area contributed by atoms with Crippen molar-refractivity contribution in [2.45, 2.75) is 19.8 Å². The molecule has 0 bridgehead atoms. The lowest BCUT2D eigenvalue weighted by Gasteiger charge is -1.99. The smallest absolute Gasteiger partial charge is 0.0176 e. The predicted octanol–water partition coefficient (Wildman–Crippen LogP) is 3.69. The zero-order chi connectivity index (χ0) is 9.97. The van der Waals surface area contributed by atoms with E-state index in [0.29, 0.717) is 0 Å². The lowest BCUT2D eigenvalue weighted by Crippen LogP contribution is -1.88. The molecule has 1 aliphatic rings. The van der Waals surface area contributed by atoms with E-state index in [1.165, 1.54) is 18.4 Å². The molecule has 0 saturated heterocycles. The number of hydrogen-bond acceptors (Lipinski definition) is 0. The summed E-state index contributed by atoms with van der Waals surface area (Å²) in [5.74, 6) is 2.56. The molecule has 0 heterocycles. The van der Waals surface area contributed by atoms with Crippen molar-refractivity contribution in [3.8, 4) is 0 Å². The summed E-state index contributed by atoms with van der Waals surface area (Å²) >= 11 is 0. The van der Waals surface area contributed by atoms with Gasteiger partial charge in [0.05, 0.1) is 0 Å². The molecular formula is C14H18. The van der Waals surface area contributed by atoms with Crippen LogP contribution in [0.2, 0.25) is 0 Å². The summed E-state index contributed by atoms with van der Waals surface area (Å²) in [7, 11) is 0. The summed E-state index contributed by atoms with van der Waals surface area (Å²) in [6.07, 6.45) is 4.67. The molecule has 0 unspecified atom stereocenters. The number of hydrogen-bond donors (Lipinski definition) is 0. The molecule has 0 nitrogen and oxygen atoms in total. The molecule has 0 spiro atoms. The first-order valence-corrected chi connectivity index (χ1v) is 5.49. The van der Waals surface area contributed by atoms with Crippen LogP contribution in [0, 0.1) is 17.8 Å². The average molecular weight is 186 g/mol. The highest BCUT2D eigenvalue weighted by Gasteiger charge is 2.43. The van der Waals surface area contributed by atoms with Crippen molar-refractivity contribution in [2.24, 2.45) is 17.8 Å². The Labute approximate surface area is 86.7 Å². The summed E-state index contributed by atoms with van der Waals surface area (Å²) in [6.45, 7) is 6.21. The molecule has 2 rings (SSSR count). The monoisotopic (exact) mass is 186 g/mol. The van der Waals surface area contributed by atoms with Crippen LogP contribution in [0.3, 0.4) is 0 Å². The summed E-state index contributed by atoms with van der Waals surface area (Å²) in [6, 6.07) is 10.8. The van der Waals surface area contributed by atoms with Crippen LogP contribution < -0.4 is 0 Å². The largest absolute Gasteiger partial charge is 0.103 e. The van der Waals surface area contributed by atoms with Gasteiger partial charge in [-0.25, -0.2) is 0 Å². The van der Waals surface area contributed by atoms with Gasteiger partial charge in [-0.2, -0.15) is 0 Å². The summed E-state index contributed by atoms with van der Waals surface area (Å²) < 4.78 is 0. The SMILES string of the molecule is C=C[C@@H]1[C@@H](C)[C@@H]1CCc1ccccc1. The Hall–Kier alpha value is -1.04. The standard InChI is InChI=1S/C14H18/c1-3-13-11(2)14(13)10-9-12-7-5-4-6-8-12/h3-8,11,13-14H,1,9-10H2,2H3/t11-,13-,14+/m1/s1. The van der Waals surface area contributed by atoms with Gasteiger partial charge in [0, 0.05) is 0 Å². The third kappa shape index (κ3) is 1.89. The number of benzene rings is 1. The van der Waals surface area contributed by atoms with Crippen LogP contribution in [0.5, 0.6) is 0 Å². The lowest BCUT2D eigenvalue weighted by atomic mass is 10.1. The molecule has 0 amide bonds. The van der Waals surface area contributed by atoms with Crippen molar-refractivity contribution in [1.29, 1.82) is 0 Å². The Morgan fingerprint density at radius 3 is 2.57 bits per heavy atom. The van der Waals surface area contributed by atoms with Crippen LogP contribution in [0.1, 0.15) is 18.9 Å². The van der Waals surface area contributed by atoms with E-state index in [1.54, 1.807) is 0 Å². The summed E-state index contributed by atoms with van der Waals surface area (Å²) in [4.78, 5) is 0. The highest BCUT2D eigenvalue weighted by atomic mass is 14.5. The van der Waals surface area contributed by atoms with E-state index in [4.69, 9.17) is 0 Å². The van der Waals surface area contributed by atoms with Crippen LogP contribution in [0.4, 0.5) is 0 Å². The van der Waals surface area contributed by atoms with E-state index in [-0.39, 0.29) is 0 Å². The first-order valence-electron chi connectivity index (χ1n) is 5.49. The van der Waals surface area contributed by atoms with Crippen LogP contribution in [-0.2, 0) is 6.42 Å². The fraction of sp³-hybridized carbons (Fsp3) is 0.429. The van der Waals surface area contributed by atoms with Crippen LogP contribution in [0.15, 0.2) is 43.0 Å². The van der Waals surface area contributed by atoms with Crippen molar-refractivity contribution in [3.63, 3.8) is 0 Å². The third-order valence-corrected chi connectivity index (χ3v) is 3.52. The number of aryl methyl sites for hydroxylation is 1. The van der Waals surface area contributed by atoms with Crippen LogP contribution in [-0.4, -0.2) is 0 Å². The molecule has 1 aromatic carbocycles. The van der Waals surface area contributed by atoms with Crippen molar-refractivity contribution >= 4 is 0 Å². The molecule has 1 saturated carbocycles. The first kappa shape index (κ1) is 9.51. The van der Waals surface area contributed by atoms with Gasteiger partial charge in [0.2, 0.25) is 0 Å². The third-order valence-electron chi connectivity index (χ3n) is 3.52. The maximum atomic E-state index is 3.88. The molecule has 0 N–H and O–H groups in total. The minimum Gasteiger partial charge on any atom is -0.103 e. The summed E-state index contributed by atoms with van der Waals surface area (Å²) in [5, 5.41) is 0. The van der Waals surface area contributed by atoms with E-state index in [2.05, 4.69) is 49.9 Å².